The standard InChI is InChI=1S/C16H21N3O2/c1-11(2)17-15-7-5-6-14(18-15)16(20)19(4)10-13-8-9-21-12(13)3/h5-9,11H,10H2,1-4H3,(H,17,18). The molecular formula is C16H21N3O2. The van der Waals surface area contributed by atoms with Crippen molar-refractivity contribution in [3.8, 4) is 0 Å². The molecule has 0 aliphatic rings. The van der Waals surface area contributed by atoms with Gasteiger partial charge in [-0.1, -0.05) is 6.07 Å². The molecular weight excluding hydrogens is 266 g/mol. The molecule has 5 nitrogen and oxygen atoms in total. The molecule has 2 aromatic rings. The number of aromatic nitrogens is 1. The van der Waals surface area contributed by atoms with Crippen molar-refractivity contribution in [2.75, 3.05) is 12.4 Å². The number of amides is 1. The Morgan fingerprint density at radius 3 is 2.76 bits per heavy atom. The van der Waals surface area contributed by atoms with Gasteiger partial charge in [0.25, 0.3) is 5.91 Å². The average Bonchev–Trinajstić information content (AvgIpc) is 2.83. The first-order valence-corrected chi connectivity index (χ1v) is 6.99. The summed E-state index contributed by atoms with van der Waals surface area (Å²) in [6, 6.07) is 7.57. The van der Waals surface area contributed by atoms with E-state index in [1.165, 1.54) is 0 Å². The van der Waals surface area contributed by atoms with E-state index < -0.39 is 0 Å². The molecule has 0 unspecified atom stereocenters. The number of nitrogens with zero attached hydrogens (tertiary/aromatic N) is 2. The number of nitrogens with one attached hydrogen (secondary N) is 1. The molecule has 1 N–H and O–H groups in total. The molecule has 0 atom stereocenters. The number of carbonyl (C=O) groups excluding carboxylic acids is 1. The lowest BCUT2D eigenvalue weighted by Gasteiger charge is -2.17. The number of hydrogen-bond acceptors (Lipinski definition) is 4. The molecule has 0 bridgehead atoms. The predicted octanol–water partition coefficient (Wildman–Crippen LogP) is 3.08. The Labute approximate surface area is 125 Å². The van der Waals surface area contributed by atoms with Crippen LogP contribution in [0.3, 0.4) is 0 Å². The summed E-state index contributed by atoms with van der Waals surface area (Å²) in [5.41, 5.74) is 1.44. The largest absolute Gasteiger partial charge is 0.469 e. The molecule has 2 aromatic heterocycles. The maximum Gasteiger partial charge on any atom is 0.272 e. The Bertz CT molecular complexity index is 619. The van der Waals surface area contributed by atoms with Crippen LogP contribution in [0.2, 0.25) is 0 Å². The van der Waals surface area contributed by atoms with Crippen LogP contribution in [0.25, 0.3) is 0 Å². The summed E-state index contributed by atoms with van der Waals surface area (Å²) in [4.78, 5) is 18.4. The fourth-order valence-corrected chi connectivity index (χ4v) is 2.03. The Hall–Kier alpha value is -2.30. The van der Waals surface area contributed by atoms with E-state index in [-0.39, 0.29) is 11.9 Å². The minimum absolute atomic E-state index is 0.108. The Morgan fingerprint density at radius 1 is 1.38 bits per heavy atom. The minimum atomic E-state index is -0.108. The molecule has 0 aromatic carbocycles. The number of pyridine rings is 1. The van der Waals surface area contributed by atoms with Crippen molar-refractivity contribution in [3.05, 3.63) is 47.5 Å². The molecule has 0 fully saturated rings. The molecule has 0 aliphatic carbocycles. The van der Waals surface area contributed by atoms with Crippen molar-refractivity contribution in [3.63, 3.8) is 0 Å². The zero-order chi connectivity index (χ0) is 15.4. The molecule has 2 rings (SSSR count). The zero-order valence-electron chi connectivity index (χ0n) is 12.9. The minimum Gasteiger partial charge on any atom is -0.469 e. The van der Waals surface area contributed by atoms with Crippen molar-refractivity contribution in [1.82, 2.24) is 9.88 Å². The van der Waals surface area contributed by atoms with Crippen molar-refractivity contribution >= 4 is 11.7 Å². The number of carbonyl (C=O) groups is 1. The van der Waals surface area contributed by atoms with Gasteiger partial charge < -0.3 is 14.6 Å². The van der Waals surface area contributed by atoms with Gasteiger partial charge in [-0.05, 0) is 39.0 Å². The highest BCUT2D eigenvalue weighted by Gasteiger charge is 2.15. The summed E-state index contributed by atoms with van der Waals surface area (Å²) in [6.07, 6.45) is 1.63. The Morgan fingerprint density at radius 2 is 2.14 bits per heavy atom. The predicted molar refractivity (Wildman–Crippen MR) is 82.2 cm³/mol. The summed E-state index contributed by atoms with van der Waals surface area (Å²) in [5, 5.41) is 3.20. The van der Waals surface area contributed by atoms with Gasteiger partial charge in [0.05, 0.1) is 6.26 Å². The first-order valence-electron chi connectivity index (χ1n) is 6.99. The van der Waals surface area contributed by atoms with Crippen molar-refractivity contribution in [1.29, 1.82) is 0 Å². The summed E-state index contributed by atoms with van der Waals surface area (Å²) < 4.78 is 5.25. The van der Waals surface area contributed by atoms with E-state index in [1.807, 2.05) is 39.0 Å². The maximum atomic E-state index is 12.4. The number of aryl methyl sites for hydroxylation is 1. The van der Waals surface area contributed by atoms with E-state index in [0.29, 0.717) is 18.1 Å². The van der Waals surface area contributed by atoms with E-state index >= 15 is 0 Å². The highest BCUT2D eigenvalue weighted by Crippen LogP contribution is 2.13. The van der Waals surface area contributed by atoms with Gasteiger partial charge in [0.1, 0.15) is 17.3 Å². The van der Waals surface area contributed by atoms with Gasteiger partial charge in [0.15, 0.2) is 0 Å². The molecule has 5 heteroatoms. The third-order valence-electron chi connectivity index (χ3n) is 3.13. The van der Waals surface area contributed by atoms with Crippen molar-refractivity contribution in [2.24, 2.45) is 0 Å². The quantitative estimate of drug-likeness (QED) is 0.918. The number of hydrogen-bond donors (Lipinski definition) is 1. The van der Waals surface area contributed by atoms with Gasteiger partial charge in [-0.15, -0.1) is 0 Å². The van der Waals surface area contributed by atoms with Crippen LogP contribution in [0.4, 0.5) is 5.82 Å². The number of furan rings is 1. The van der Waals surface area contributed by atoms with Crippen LogP contribution in [-0.4, -0.2) is 28.9 Å². The van der Waals surface area contributed by atoms with Crippen LogP contribution in [0.5, 0.6) is 0 Å². The van der Waals surface area contributed by atoms with E-state index in [9.17, 15) is 4.79 Å². The summed E-state index contributed by atoms with van der Waals surface area (Å²) in [5.74, 6) is 1.43. The molecule has 2 heterocycles. The van der Waals surface area contributed by atoms with E-state index in [2.05, 4.69) is 10.3 Å². The third kappa shape index (κ3) is 3.84. The SMILES string of the molecule is Cc1occc1CN(C)C(=O)c1cccc(NC(C)C)n1. The Balaban J connectivity index is 2.10. The smallest absolute Gasteiger partial charge is 0.272 e. The van der Waals surface area contributed by atoms with Gasteiger partial charge in [-0.2, -0.15) is 0 Å². The van der Waals surface area contributed by atoms with Crippen LogP contribution in [0.15, 0.2) is 34.9 Å². The number of rotatable bonds is 5. The van der Waals surface area contributed by atoms with Crippen LogP contribution in [-0.2, 0) is 6.54 Å². The van der Waals surface area contributed by atoms with Gasteiger partial charge in [-0.3, -0.25) is 4.79 Å². The molecule has 1 amide bonds. The first kappa shape index (κ1) is 15.1. The molecule has 0 spiro atoms. The monoisotopic (exact) mass is 287 g/mol. The molecule has 0 saturated carbocycles. The van der Waals surface area contributed by atoms with E-state index in [4.69, 9.17) is 4.42 Å². The topological polar surface area (TPSA) is 58.4 Å². The van der Waals surface area contributed by atoms with Gasteiger partial charge in [0, 0.05) is 25.2 Å². The fourth-order valence-electron chi connectivity index (χ4n) is 2.03. The average molecular weight is 287 g/mol. The second kappa shape index (κ2) is 6.43. The van der Waals surface area contributed by atoms with E-state index in [1.54, 1.807) is 24.3 Å². The van der Waals surface area contributed by atoms with Crippen LogP contribution < -0.4 is 5.32 Å². The lowest BCUT2D eigenvalue weighted by atomic mass is 10.2. The highest BCUT2D eigenvalue weighted by atomic mass is 16.3. The first-order chi connectivity index (χ1) is 9.97. The molecule has 0 saturated heterocycles. The van der Waals surface area contributed by atoms with Gasteiger partial charge in [-0.25, -0.2) is 4.98 Å². The van der Waals surface area contributed by atoms with E-state index in [0.717, 1.165) is 11.3 Å². The molecule has 0 aliphatic heterocycles. The van der Waals surface area contributed by atoms with Crippen LogP contribution in [0, 0.1) is 6.92 Å². The lowest BCUT2D eigenvalue weighted by Crippen LogP contribution is -2.27. The normalized spacial score (nSPS) is 10.7. The van der Waals surface area contributed by atoms with Gasteiger partial charge in [0.2, 0.25) is 0 Å². The summed E-state index contributed by atoms with van der Waals surface area (Å²) in [7, 11) is 1.76. The summed E-state index contributed by atoms with van der Waals surface area (Å²) in [6.45, 7) is 6.46. The molecule has 0 radical (unpaired) electrons. The maximum absolute atomic E-state index is 12.4. The summed E-state index contributed by atoms with van der Waals surface area (Å²) >= 11 is 0. The zero-order valence-corrected chi connectivity index (χ0v) is 12.9. The Kier molecular flexibility index (Phi) is 4.62. The third-order valence-corrected chi connectivity index (χ3v) is 3.13. The molecule has 112 valence electrons. The number of anilines is 1. The lowest BCUT2D eigenvalue weighted by molar-refractivity contribution is 0.0779. The second-order valence-electron chi connectivity index (χ2n) is 5.37. The van der Waals surface area contributed by atoms with Crippen LogP contribution >= 0.6 is 0 Å². The second-order valence-corrected chi connectivity index (χ2v) is 5.37. The van der Waals surface area contributed by atoms with Gasteiger partial charge >= 0.3 is 0 Å². The highest BCUT2D eigenvalue weighted by molar-refractivity contribution is 5.92. The fraction of sp³-hybridized carbons (Fsp3) is 0.375. The van der Waals surface area contributed by atoms with Crippen LogP contribution in [0.1, 0.15) is 35.7 Å². The van der Waals surface area contributed by atoms with Crippen molar-refractivity contribution < 1.29 is 9.21 Å². The van der Waals surface area contributed by atoms with Crippen molar-refractivity contribution in [2.45, 2.75) is 33.4 Å². The molecule has 21 heavy (non-hydrogen) atoms.